The highest BCUT2D eigenvalue weighted by Crippen LogP contribution is 2.35. The molecular weight excluding hydrogens is 404 g/mol. The Morgan fingerprint density at radius 1 is 1.30 bits per heavy atom. The molecule has 4 aromatic rings. The third-order valence-corrected chi connectivity index (χ3v) is 5.07. The van der Waals surface area contributed by atoms with Gasteiger partial charge in [0.05, 0.1) is 39.6 Å². The first-order valence-electron chi connectivity index (χ1n) is 8.74. The van der Waals surface area contributed by atoms with Crippen molar-refractivity contribution in [1.82, 2.24) is 9.97 Å². The second-order valence-electron chi connectivity index (χ2n) is 6.12. The average molecular weight is 418 g/mol. The van der Waals surface area contributed by atoms with Crippen LogP contribution in [0, 0.1) is 21.4 Å². The number of nitriles is 1. The van der Waals surface area contributed by atoms with Crippen LogP contribution >= 0.6 is 11.8 Å². The molecule has 8 nitrogen and oxygen atoms in total. The van der Waals surface area contributed by atoms with Crippen LogP contribution in [0.15, 0.2) is 69.1 Å². The van der Waals surface area contributed by atoms with Gasteiger partial charge in [-0.1, -0.05) is 12.1 Å². The second-order valence-corrected chi connectivity index (χ2v) is 7.15. The normalized spacial score (nSPS) is 11.4. The topological polar surface area (TPSA) is 118 Å². The van der Waals surface area contributed by atoms with E-state index in [2.05, 4.69) is 16.0 Å². The Morgan fingerprint density at radius 2 is 2.13 bits per heavy atom. The average Bonchev–Trinajstić information content (AvgIpc) is 3.39. The number of para-hydroxylation sites is 2. The molecule has 0 saturated carbocycles. The number of benzene rings is 2. The summed E-state index contributed by atoms with van der Waals surface area (Å²) < 4.78 is 10.8. The maximum Gasteiger partial charge on any atom is 0.284 e. The highest BCUT2D eigenvalue weighted by Gasteiger charge is 2.19. The molecule has 0 spiro atoms. The molecule has 0 aliphatic heterocycles. The monoisotopic (exact) mass is 418 g/mol. The summed E-state index contributed by atoms with van der Waals surface area (Å²) in [4.78, 5) is 18.9. The van der Waals surface area contributed by atoms with Gasteiger partial charge in [0, 0.05) is 6.08 Å². The van der Waals surface area contributed by atoms with Crippen molar-refractivity contribution in [1.29, 1.82) is 5.26 Å². The molecule has 1 N–H and O–H groups in total. The largest absolute Gasteiger partial charge is 0.497 e. The van der Waals surface area contributed by atoms with Gasteiger partial charge in [0.25, 0.3) is 5.69 Å². The fourth-order valence-corrected chi connectivity index (χ4v) is 3.60. The number of thioether (sulfide) groups is 1. The Bertz CT molecular complexity index is 1280. The summed E-state index contributed by atoms with van der Waals surface area (Å²) in [7, 11) is 1.44. The zero-order chi connectivity index (χ0) is 21.1. The summed E-state index contributed by atoms with van der Waals surface area (Å²) >= 11 is 1.18. The number of rotatable bonds is 6. The first-order valence-corrected chi connectivity index (χ1v) is 9.56. The number of hydrogen-bond donors (Lipinski definition) is 1. The standard InChI is InChI=1S/C21H14N4O4S/c1-28-13-6-8-16(19(11-13)25(26)27)20-9-7-14(29-20)10-15(12-22)30-21-23-17-4-2-3-5-18(17)24-21/h2-11H,1H3,(H,23,24)/b15-10+. The lowest BCUT2D eigenvalue weighted by Gasteiger charge is -2.03. The van der Waals surface area contributed by atoms with Crippen LogP contribution in [0.5, 0.6) is 5.75 Å². The molecule has 30 heavy (non-hydrogen) atoms. The molecule has 2 aromatic heterocycles. The van der Waals surface area contributed by atoms with Crippen LogP contribution in [0.2, 0.25) is 0 Å². The first-order chi connectivity index (χ1) is 14.6. The van der Waals surface area contributed by atoms with Crippen molar-refractivity contribution >= 4 is 34.6 Å². The molecule has 0 atom stereocenters. The third kappa shape index (κ3) is 3.90. The number of methoxy groups -OCH3 is 1. The Balaban J connectivity index is 1.62. The van der Waals surface area contributed by atoms with Crippen molar-refractivity contribution in [2.75, 3.05) is 7.11 Å². The Morgan fingerprint density at radius 3 is 2.87 bits per heavy atom. The Kier molecular flexibility index (Phi) is 5.24. The lowest BCUT2D eigenvalue weighted by atomic mass is 10.1. The number of H-pyrrole nitrogens is 1. The number of fused-ring (bicyclic) bond motifs is 1. The van der Waals surface area contributed by atoms with E-state index < -0.39 is 4.92 Å². The van der Waals surface area contributed by atoms with E-state index in [-0.39, 0.29) is 5.69 Å². The summed E-state index contributed by atoms with van der Waals surface area (Å²) in [6.07, 6.45) is 1.57. The van der Waals surface area contributed by atoms with E-state index in [0.717, 1.165) is 11.0 Å². The minimum absolute atomic E-state index is 0.128. The van der Waals surface area contributed by atoms with Gasteiger partial charge in [-0.05, 0) is 48.2 Å². The number of nitrogens with zero attached hydrogens (tertiary/aromatic N) is 3. The van der Waals surface area contributed by atoms with Gasteiger partial charge in [-0.25, -0.2) is 4.98 Å². The van der Waals surface area contributed by atoms with Crippen molar-refractivity contribution in [2.45, 2.75) is 5.16 Å². The van der Waals surface area contributed by atoms with Crippen molar-refractivity contribution < 1.29 is 14.1 Å². The van der Waals surface area contributed by atoms with Crippen molar-refractivity contribution in [3.05, 3.63) is 75.4 Å². The van der Waals surface area contributed by atoms with Gasteiger partial charge in [-0.2, -0.15) is 5.26 Å². The van der Waals surface area contributed by atoms with Gasteiger partial charge in [0.1, 0.15) is 23.3 Å². The number of nitro groups is 1. The minimum Gasteiger partial charge on any atom is -0.497 e. The molecule has 2 heterocycles. The van der Waals surface area contributed by atoms with E-state index in [1.165, 1.54) is 24.9 Å². The van der Waals surface area contributed by atoms with Crippen LogP contribution in [0.1, 0.15) is 5.76 Å². The molecule has 9 heteroatoms. The van der Waals surface area contributed by atoms with Crippen LogP contribution in [0.3, 0.4) is 0 Å². The highest BCUT2D eigenvalue weighted by atomic mass is 32.2. The summed E-state index contributed by atoms with van der Waals surface area (Å²) in [6.45, 7) is 0. The number of nitrogens with one attached hydrogen (secondary N) is 1. The quantitative estimate of drug-likeness (QED) is 0.193. The van der Waals surface area contributed by atoms with Gasteiger partial charge >= 0.3 is 0 Å². The zero-order valence-corrected chi connectivity index (χ0v) is 16.5. The molecular formula is C21H14N4O4S. The first kappa shape index (κ1) is 19.3. The lowest BCUT2D eigenvalue weighted by Crippen LogP contribution is -1.93. The molecule has 0 radical (unpaired) electrons. The smallest absolute Gasteiger partial charge is 0.284 e. The molecule has 0 saturated heterocycles. The number of aromatic amines is 1. The molecule has 0 aliphatic carbocycles. The molecule has 4 rings (SSSR count). The third-order valence-electron chi connectivity index (χ3n) is 4.25. The maximum atomic E-state index is 11.4. The van der Waals surface area contributed by atoms with Gasteiger partial charge in [-0.15, -0.1) is 0 Å². The Hall–Kier alpha value is -4.03. The number of allylic oxidation sites excluding steroid dienone is 1. The number of ether oxygens (including phenoxy) is 1. The van der Waals surface area contributed by atoms with E-state index in [1.807, 2.05) is 24.3 Å². The number of hydrogen-bond acceptors (Lipinski definition) is 7. The molecule has 0 unspecified atom stereocenters. The van der Waals surface area contributed by atoms with Crippen molar-refractivity contribution in [2.24, 2.45) is 0 Å². The summed E-state index contributed by atoms with van der Waals surface area (Å²) in [5, 5.41) is 21.5. The lowest BCUT2D eigenvalue weighted by molar-refractivity contribution is -0.384. The fraction of sp³-hybridized carbons (Fsp3) is 0.0476. The molecule has 0 aliphatic rings. The van der Waals surface area contributed by atoms with Crippen LogP contribution in [0.4, 0.5) is 5.69 Å². The minimum atomic E-state index is -0.492. The van der Waals surface area contributed by atoms with Gasteiger partial charge < -0.3 is 14.1 Å². The SMILES string of the molecule is COc1ccc(-c2ccc(/C=C(\C#N)Sc3nc4ccccc4[nH]3)o2)c([N+](=O)[O-])c1. The van der Waals surface area contributed by atoms with E-state index in [9.17, 15) is 15.4 Å². The molecule has 0 fully saturated rings. The number of imidazole rings is 1. The predicted molar refractivity (Wildman–Crippen MR) is 113 cm³/mol. The number of nitro benzene ring substituents is 1. The molecule has 148 valence electrons. The second kappa shape index (κ2) is 8.14. The van der Waals surface area contributed by atoms with Crippen LogP contribution in [0.25, 0.3) is 28.4 Å². The van der Waals surface area contributed by atoms with Crippen LogP contribution < -0.4 is 4.74 Å². The molecule has 2 aromatic carbocycles. The number of aromatic nitrogens is 2. The van der Waals surface area contributed by atoms with Crippen LogP contribution in [-0.4, -0.2) is 22.0 Å². The predicted octanol–water partition coefficient (Wildman–Crippen LogP) is 5.40. The maximum absolute atomic E-state index is 11.4. The summed E-state index contributed by atoms with van der Waals surface area (Å²) in [5.41, 5.74) is 1.88. The summed E-state index contributed by atoms with van der Waals surface area (Å²) in [5.74, 6) is 1.10. The van der Waals surface area contributed by atoms with Gasteiger partial charge in [0.15, 0.2) is 5.16 Å². The van der Waals surface area contributed by atoms with Crippen molar-refractivity contribution in [3.8, 4) is 23.1 Å². The molecule has 0 bridgehead atoms. The van der Waals surface area contributed by atoms with E-state index in [1.54, 1.807) is 30.3 Å². The van der Waals surface area contributed by atoms with Crippen LogP contribution in [-0.2, 0) is 0 Å². The van der Waals surface area contributed by atoms with Gasteiger partial charge in [0.2, 0.25) is 0 Å². The van der Waals surface area contributed by atoms with E-state index in [0.29, 0.717) is 32.9 Å². The van der Waals surface area contributed by atoms with E-state index in [4.69, 9.17) is 9.15 Å². The zero-order valence-electron chi connectivity index (χ0n) is 15.7. The Labute approximate surface area is 175 Å². The highest BCUT2D eigenvalue weighted by molar-refractivity contribution is 8.03. The number of furan rings is 1. The molecule has 0 amide bonds. The van der Waals surface area contributed by atoms with Gasteiger partial charge in [-0.3, -0.25) is 10.1 Å². The summed E-state index contributed by atoms with van der Waals surface area (Å²) in [6, 6.07) is 17.5. The fourth-order valence-electron chi connectivity index (χ4n) is 2.87. The van der Waals surface area contributed by atoms with Crippen molar-refractivity contribution in [3.63, 3.8) is 0 Å². The van der Waals surface area contributed by atoms with E-state index >= 15 is 0 Å².